The third kappa shape index (κ3) is 5.31. The van der Waals surface area contributed by atoms with E-state index in [0.717, 1.165) is 37.2 Å². The van der Waals surface area contributed by atoms with E-state index in [1.165, 1.54) is 12.1 Å². The smallest absolute Gasteiger partial charge is 0.241 e. The van der Waals surface area contributed by atoms with Gasteiger partial charge in [0.25, 0.3) is 0 Å². The lowest BCUT2D eigenvalue weighted by Gasteiger charge is -2.32. The van der Waals surface area contributed by atoms with Crippen molar-refractivity contribution in [3.63, 3.8) is 0 Å². The molecule has 7 nitrogen and oxygen atoms in total. The number of rotatable bonds is 7. The van der Waals surface area contributed by atoms with E-state index in [4.69, 9.17) is 9.26 Å². The Morgan fingerprint density at radius 1 is 1.16 bits per heavy atom. The molecule has 4 rings (SSSR count). The molecule has 1 fully saturated rings. The van der Waals surface area contributed by atoms with Crippen LogP contribution in [0.3, 0.4) is 0 Å². The molecule has 32 heavy (non-hydrogen) atoms. The molecule has 1 aliphatic heterocycles. The molecule has 0 N–H and O–H groups in total. The summed E-state index contributed by atoms with van der Waals surface area (Å²) in [5, 5.41) is 3.99. The van der Waals surface area contributed by atoms with Crippen molar-refractivity contribution in [2.24, 2.45) is 5.92 Å². The van der Waals surface area contributed by atoms with Crippen LogP contribution in [0, 0.1) is 11.7 Å². The summed E-state index contributed by atoms with van der Waals surface area (Å²) in [4.78, 5) is 21.3. The number of methoxy groups -OCH3 is 1. The number of ether oxygens (including phenoxy) is 1. The normalized spacial score (nSPS) is 15.0. The van der Waals surface area contributed by atoms with E-state index in [1.54, 1.807) is 24.1 Å². The molecule has 0 bridgehead atoms. The van der Waals surface area contributed by atoms with E-state index in [-0.39, 0.29) is 17.6 Å². The maximum Gasteiger partial charge on any atom is 0.241 e. The first kappa shape index (κ1) is 22.0. The summed E-state index contributed by atoms with van der Waals surface area (Å²) in [5.41, 5.74) is 1.79. The average Bonchev–Trinajstić information content (AvgIpc) is 3.28. The Kier molecular flexibility index (Phi) is 6.80. The Morgan fingerprint density at radius 2 is 1.84 bits per heavy atom. The lowest BCUT2D eigenvalue weighted by atomic mass is 9.95. The van der Waals surface area contributed by atoms with Crippen LogP contribution in [0.5, 0.6) is 5.75 Å². The van der Waals surface area contributed by atoms with Gasteiger partial charge in [0, 0.05) is 25.1 Å². The Morgan fingerprint density at radius 3 is 2.50 bits per heavy atom. The molecule has 0 atom stereocenters. The Labute approximate surface area is 186 Å². The first-order chi connectivity index (χ1) is 15.5. The van der Waals surface area contributed by atoms with Crippen molar-refractivity contribution in [3.8, 4) is 17.1 Å². The number of halogens is 1. The van der Waals surface area contributed by atoms with Gasteiger partial charge in [-0.2, -0.15) is 4.98 Å². The predicted octanol–water partition coefficient (Wildman–Crippen LogP) is 3.75. The molecule has 1 amide bonds. The number of amides is 1. The Hall–Kier alpha value is -3.26. The number of benzene rings is 2. The van der Waals surface area contributed by atoms with Gasteiger partial charge in [-0.05, 0) is 67.9 Å². The van der Waals surface area contributed by atoms with E-state index in [2.05, 4.69) is 15.0 Å². The van der Waals surface area contributed by atoms with Gasteiger partial charge in [-0.1, -0.05) is 17.3 Å². The van der Waals surface area contributed by atoms with Gasteiger partial charge in [-0.15, -0.1) is 0 Å². The number of likely N-dealkylation sites (tertiary alicyclic amines) is 1. The minimum Gasteiger partial charge on any atom is -0.497 e. The summed E-state index contributed by atoms with van der Waals surface area (Å²) in [6.07, 6.45) is 1.59. The summed E-state index contributed by atoms with van der Waals surface area (Å²) in [5.74, 6) is 1.67. The van der Waals surface area contributed by atoms with Crippen LogP contribution < -0.4 is 4.74 Å². The number of hydrogen-bond donors (Lipinski definition) is 0. The number of aromatic nitrogens is 2. The van der Waals surface area contributed by atoms with Crippen molar-refractivity contribution in [1.82, 2.24) is 19.9 Å². The first-order valence-corrected chi connectivity index (χ1v) is 10.7. The standard InChI is InChI=1S/C24H27FN4O3/c1-28(15-17-3-9-21(31-2)10-4-17)24(30)19-11-13-29(14-12-19)16-22-26-23(27-32-22)18-5-7-20(25)8-6-18/h3-10,19H,11-16H2,1-2H3. The van der Waals surface area contributed by atoms with E-state index in [0.29, 0.717) is 30.4 Å². The van der Waals surface area contributed by atoms with Crippen LogP contribution in [0.2, 0.25) is 0 Å². The number of piperidine rings is 1. The predicted molar refractivity (Wildman–Crippen MR) is 117 cm³/mol. The fourth-order valence-corrected chi connectivity index (χ4v) is 3.96. The summed E-state index contributed by atoms with van der Waals surface area (Å²) in [6, 6.07) is 13.8. The highest BCUT2D eigenvalue weighted by Gasteiger charge is 2.28. The highest BCUT2D eigenvalue weighted by Crippen LogP contribution is 2.23. The summed E-state index contributed by atoms with van der Waals surface area (Å²) < 4.78 is 23.6. The molecule has 1 aromatic heterocycles. The zero-order valence-corrected chi connectivity index (χ0v) is 18.3. The van der Waals surface area contributed by atoms with Crippen LogP contribution in [0.4, 0.5) is 4.39 Å². The minimum atomic E-state index is -0.301. The molecule has 8 heteroatoms. The maximum atomic E-state index is 13.1. The quantitative estimate of drug-likeness (QED) is 0.560. The van der Waals surface area contributed by atoms with Crippen LogP contribution in [0.15, 0.2) is 53.1 Å². The van der Waals surface area contributed by atoms with Gasteiger partial charge in [0.05, 0.1) is 13.7 Å². The molecule has 1 saturated heterocycles. The van der Waals surface area contributed by atoms with Gasteiger partial charge in [0.15, 0.2) is 0 Å². The second-order valence-corrected chi connectivity index (χ2v) is 8.11. The van der Waals surface area contributed by atoms with Crippen LogP contribution in [0.1, 0.15) is 24.3 Å². The molecule has 3 aromatic rings. The molecule has 2 heterocycles. The molecule has 0 saturated carbocycles. The van der Waals surface area contributed by atoms with Gasteiger partial charge >= 0.3 is 0 Å². The van der Waals surface area contributed by atoms with Gasteiger partial charge < -0.3 is 14.2 Å². The van der Waals surface area contributed by atoms with Gasteiger partial charge in [-0.3, -0.25) is 9.69 Å². The first-order valence-electron chi connectivity index (χ1n) is 10.7. The second kappa shape index (κ2) is 9.91. The van der Waals surface area contributed by atoms with Crippen molar-refractivity contribution < 1.29 is 18.4 Å². The zero-order chi connectivity index (χ0) is 22.5. The summed E-state index contributed by atoms with van der Waals surface area (Å²) >= 11 is 0. The lowest BCUT2D eigenvalue weighted by Crippen LogP contribution is -2.40. The van der Waals surface area contributed by atoms with E-state index >= 15 is 0 Å². The molecule has 0 unspecified atom stereocenters. The number of carbonyl (C=O) groups is 1. The van der Waals surface area contributed by atoms with E-state index in [1.807, 2.05) is 31.3 Å². The average molecular weight is 439 g/mol. The van der Waals surface area contributed by atoms with Gasteiger partial charge in [0.2, 0.25) is 17.6 Å². The van der Waals surface area contributed by atoms with Gasteiger partial charge in [0.1, 0.15) is 11.6 Å². The van der Waals surface area contributed by atoms with Crippen molar-refractivity contribution in [1.29, 1.82) is 0 Å². The van der Waals surface area contributed by atoms with Crippen LogP contribution in [-0.4, -0.2) is 53.1 Å². The van der Waals surface area contributed by atoms with Crippen molar-refractivity contribution >= 4 is 5.91 Å². The molecule has 0 aliphatic carbocycles. The monoisotopic (exact) mass is 438 g/mol. The number of hydrogen-bond acceptors (Lipinski definition) is 6. The molecular formula is C24H27FN4O3. The highest BCUT2D eigenvalue weighted by molar-refractivity contribution is 5.78. The van der Waals surface area contributed by atoms with Crippen molar-refractivity contribution in [2.75, 3.05) is 27.2 Å². The lowest BCUT2D eigenvalue weighted by molar-refractivity contribution is -0.136. The third-order valence-corrected chi connectivity index (χ3v) is 5.82. The van der Waals surface area contributed by atoms with E-state index in [9.17, 15) is 9.18 Å². The molecule has 1 aliphatic rings. The third-order valence-electron chi connectivity index (χ3n) is 5.82. The maximum absolute atomic E-state index is 13.1. The highest BCUT2D eigenvalue weighted by atomic mass is 19.1. The SMILES string of the molecule is COc1ccc(CN(C)C(=O)C2CCN(Cc3nc(-c4ccc(F)cc4)no3)CC2)cc1. The number of nitrogens with zero attached hydrogens (tertiary/aromatic N) is 4. The molecular weight excluding hydrogens is 411 g/mol. The van der Waals surface area contributed by atoms with E-state index < -0.39 is 0 Å². The minimum absolute atomic E-state index is 0.0203. The zero-order valence-electron chi connectivity index (χ0n) is 18.3. The molecule has 0 spiro atoms. The Bertz CT molecular complexity index is 1030. The second-order valence-electron chi connectivity index (χ2n) is 8.11. The summed E-state index contributed by atoms with van der Waals surface area (Å²) in [6.45, 7) is 2.70. The van der Waals surface area contributed by atoms with Crippen molar-refractivity contribution in [3.05, 3.63) is 65.8 Å². The fourth-order valence-electron chi connectivity index (χ4n) is 3.96. The summed E-state index contributed by atoms with van der Waals surface area (Å²) in [7, 11) is 3.49. The van der Waals surface area contributed by atoms with Crippen molar-refractivity contribution in [2.45, 2.75) is 25.9 Å². The molecule has 2 aromatic carbocycles. The topological polar surface area (TPSA) is 71.7 Å². The molecule has 0 radical (unpaired) electrons. The fraction of sp³-hybridized carbons (Fsp3) is 0.375. The number of carbonyl (C=O) groups excluding carboxylic acids is 1. The largest absolute Gasteiger partial charge is 0.497 e. The van der Waals surface area contributed by atoms with Crippen LogP contribution in [0.25, 0.3) is 11.4 Å². The van der Waals surface area contributed by atoms with Gasteiger partial charge in [-0.25, -0.2) is 4.39 Å². The van der Waals surface area contributed by atoms with Crippen LogP contribution in [-0.2, 0) is 17.9 Å². The van der Waals surface area contributed by atoms with Crippen LogP contribution >= 0.6 is 0 Å². The Balaban J connectivity index is 1.26. The molecule has 168 valence electrons.